The van der Waals surface area contributed by atoms with Crippen molar-refractivity contribution in [1.82, 2.24) is 9.88 Å². The second-order valence-corrected chi connectivity index (χ2v) is 4.56. The maximum atomic E-state index is 12.1. The number of nitrogens with zero attached hydrogens (tertiary/aromatic N) is 2. The summed E-state index contributed by atoms with van der Waals surface area (Å²) in [4.78, 5) is 28.5. The summed E-state index contributed by atoms with van der Waals surface area (Å²) in [6.45, 7) is 2.29. The van der Waals surface area contributed by atoms with Crippen molar-refractivity contribution in [1.29, 1.82) is 0 Å². The van der Waals surface area contributed by atoms with E-state index in [1.165, 1.54) is 17.2 Å². The Morgan fingerprint density at radius 1 is 1.42 bits per heavy atom. The Morgan fingerprint density at radius 2 is 2.11 bits per heavy atom. The smallest absolute Gasteiger partial charge is 0.307 e. The van der Waals surface area contributed by atoms with Crippen molar-refractivity contribution in [3.05, 3.63) is 28.0 Å². The molecule has 1 aromatic heterocycles. The first kappa shape index (κ1) is 15.7. The maximum absolute atomic E-state index is 12.1. The van der Waals surface area contributed by atoms with Gasteiger partial charge in [0, 0.05) is 19.8 Å². The number of pyridine rings is 1. The summed E-state index contributed by atoms with van der Waals surface area (Å²) in [5, 5.41) is 0.406. The number of esters is 1. The minimum absolute atomic E-state index is 0.131. The van der Waals surface area contributed by atoms with Gasteiger partial charge < -0.3 is 9.64 Å². The number of amides is 1. The van der Waals surface area contributed by atoms with Gasteiger partial charge in [0.25, 0.3) is 5.91 Å². The Hall–Kier alpha value is -1.33. The summed E-state index contributed by atoms with van der Waals surface area (Å²) in [7, 11) is 1.58. The molecule has 0 saturated carbocycles. The van der Waals surface area contributed by atoms with E-state index in [9.17, 15) is 9.59 Å². The number of hydrogen-bond acceptors (Lipinski definition) is 4. The molecule has 0 aliphatic heterocycles. The molecule has 0 N–H and O–H groups in total. The lowest BCUT2D eigenvalue weighted by Gasteiger charge is -2.17. The van der Waals surface area contributed by atoms with E-state index in [1.54, 1.807) is 14.0 Å². The van der Waals surface area contributed by atoms with Crippen LogP contribution in [-0.4, -0.2) is 42.0 Å². The second-order valence-electron chi connectivity index (χ2n) is 3.77. The molecule has 1 aromatic rings. The predicted octanol–water partition coefficient (Wildman–Crippen LogP) is 2.41. The fourth-order valence-corrected chi connectivity index (χ4v) is 1.72. The highest BCUT2D eigenvalue weighted by atomic mass is 35.5. The van der Waals surface area contributed by atoms with E-state index in [2.05, 4.69) is 4.98 Å². The highest BCUT2D eigenvalue weighted by Crippen LogP contribution is 2.19. The van der Waals surface area contributed by atoms with Crippen molar-refractivity contribution in [2.75, 3.05) is 20.2 Å². The molecule has 104 valence electrons. The Labute approximate surface area is 121 Å². The summed E-state index contributed by atoms with van der Waals surface area (Å²) >= 11 is 11.6. The molecule has 0 aliphatic carbocycles. The average Bonchev–Trinajstić information content (AvgIpc) is 2.38. The third-order valence-electron chi connectivity index (χ3n) is 2.36. The van der Waals surface area contributed by atoms with Crippen LogP contribution in [0.3, 0.4) is 0 Å². The fraction of sp³-hybridized carbons (Fsp3) is 0.417. The Balaban J connectivity index is 2.66. The molecule has 0 spiro atoms. The van der Waals surface area contributed by atoms with Crippen LogP contribution in [0.1, 0.15) is 23.7 Å². The van der Waals surface area contributed by atoms with Crippen LogP contribution < -0.4 is 0 Å². The topological polar surface area (TPSA) is 59.5 Å². The maximum Gasteiger partial charge on any atom is 0.307 e. The first-order valence-electron chi connectivity index (χ1n) is 5.67. The van der Waals surface area contributed by atoms with Gasteiger partial charge in [0.15, 0.2) is 0 Å². The minimum atomic E-state index is -0.346. The van der Waals surface area contributed by atoms with E-state index in [0.29, 0.717) is 6.61 Å². The van der Waals surface area contributed by atoms with Gasteiger partial charge in [-0.05, 0) is 13.0 Å². The molecule has 0 unspecified atom stereocenters. The number of rotatable bonds is 5. The van der Waals surface area contributed by atoms with E-state index in [4.69, 9.17) is 27.9 Å². The Kier molecular flexibility index (Phi) is 6.05. The molecule has 19 heavy (non-hydrogen) atoms. The second kappa shape index (κ2) is 7.31. The number of ether oxygens (including phenoxy) is 1. The molecule has 5 nitrogen and oxygen atoms in total. The predicted molar refractivity (Wildman–Crippen MR) is 72.5 cm³/mol. The summed E-state index contributed by atoms with van der Waals surface area (Å²) in [5.41, 5.74) is 0.257. The largest absolute Gasteiger partial charge is 0.466 e. The van der Waals surface area contributed by atoms with Crippen LogP contribution in [-0.2, 0) is 9.53 Å². The normalized spacial score (nSPS) is 10.1. The molecule has 7 heteroatoms. The standard InChI is InChI=1S/C12H14Cl2N2O3/c1-3-19-11(17)4-5-16(2)12(18)8-6-10(14)15-7-9(8)13/h6-7H,3-5H2,1-2H3. The summed E-state index contributed by atoms with van der Waals surface area (Å²) < 4.78 is 4.79. The zero-order chi connectivity index (χ0) is 14.4. The van der Waals surface area contributed by atoms with Crippen molar-refractivity contribution in [3.63, 3.8) is 0 Å². The number of carbonyl (C=O) groups excluding carboxylic acids is 2. The molecule has 0 atom stereocenters. The van der Waals surface area contributed by atoms with Crippen LogP contribution in [0.2, 0.25) is 10.2 Å². The Morgan fingerprint density at radius 3 is 2.74 bits per heavy atom. The van der Waals surface area contributed by atoms with Crippen LogP contribution in [0, 0.1) is 0 Å². The van der Waals surface area contributed by atoms with Crippen LogP contribution in [0.5, 0.6) is 0 Å². The lowest BCUT2D eigenvalue weighted by Crippen LogP contribution is -2.29. The lowest BCUT2D eigenvalue weighted by atomic mass is 10.2. The minimum Gasteiger partial charge on any atom is -0.466 e. The highest BCUT2D eigenvalue weighted by molar-refractivity contribution is 6.35. The third-order valence-corrected chi connectivity index (χ3v) is 2.86. The zero-order valence-corrected chi connectivity index (χ0v) is 12.2. The lowest BCUT2D eigenvalue weighted by molar-refractivity contribution is -0.143. The fourth-order valence-electron chi connectivity index (χ4n) is 1.38. The number of aromatic nitrogens is 1. The Bertz CT molecular complexity index is 480. The van der Waals surface area contributed by atoms with Gasteiger partial charge in [0.05, 0.1) is 23.6 Å². The zero-order valence-electron chi connectivity index (χ0n) is 10.7. The number of carbonyl (C=O) groups is 2. The van der Waals surface area contributed by atoms with Gasteiger partial charge in [-0.25, -0.2) is 4.98 Å². The monoisotopic (exact) mass is 304 g/mol. The number of hydrogen-bond donors (Lipinski definition) is 0. The van der Waals surface area contributed by atoms with Crippen LogP contribution in [0.25, 0.3) is 0 Å². The van der Waals surface area contributed by atoms with Crippen LogP contribution in [0.4, 0.5) is 0 Å². The first-order valence-corrected chi connectivity index (χ1v) is 6.43. The van der Waals surface area contributed by atoms with E-state index >= 15 is 0 Å². The molecule has 0 fully saturated rings. The third kappa shape index (κ3) is 4.69. The van der Waals surface area contributed by atoms with Gasteiger partial charge in [-0.2, -0.15) is 0 Å². The molecule has 0 saturated heterocycles. The molecule has 1 amide bonds. The summed E-state index contributed by atoms with van der Waals surface area (Å²) in [6, 6.07) is 1.40. The summed E-state index contributed by atoms with van der Waals surface area (Å²) in [5.74, 6) is -0.667. The van der Waals surface area contributed by atoms with Gasteiger partial charge in [0.1, 0.15) is 5.15 Å². The van der Waals surface area contributed by atoms with Crippen LogP contribution >= 0.6 is 23.2 Å². The van der Waals surface area contributed by atoms with E-state index < -0.39 is 0 Å². The van der Waals surface area contributed by atoms with Crippen LogP contribution in [0.15, 0.2) is 12.3 Å². The van der Waals surface area contributed by atoms with Crippen molar-refractivity contribution >= 4 is 35.1 Å². The number of halogens is 2. The molecule has 0 radical (unpaired) electrons. The molecule has 1 heterocycles. The first-order chi connectivity index (χ1) is 8.95. The van der Waals surface area contributed by atoms with Gasteiger partial charge in [-0.3, -0.25) is 9.59 Å². The molecule has 0 bridgehead atoms. The molecule has 1 rings (SSSR count). The van der Waals surface area contributed by atoms with Gasteiger partial charge in [-0.1, -0.05) is 23.2 Å². The average molecular weight is 305 g/mol. The van der Waals surface area contributed by atoms with Crippen molar-refractivity contribution < 1.29 is 14.3 Å². The van der Waals surface area contributed by atoms with Gasteiger partial charge in [-0.15, -0.1) is 0 Å². The van der Waals surface area contributed by atoms with E-state index in [1.807, 2.05) is 0 Å². The molecule has 0 aromatic carbocycles. The quantitative estimate of drug-likeness (QED) is 0.619. The molecule has 0 aliphatic rings. The summed E-state index contributed by atoms with van der Waals surface area (Å²) in [6.07, 6.45) is 1.45. The van der Waals surface area contributed by atoms with Crippen molar-refractivity contribution in [2.45, 2.75) is 13.3 Å². The van der Waals surface area contributed by atoms with Gasteiger partial charge in [0.2, 0.25) is 0 Å². The van der Waals surface area contributed by atoms with Crippen molar-refractivity contribution in [2.24, 2.45) is 0 Å². The van der Waals surface area contributed by atoms with Crippen molar-refractivity contribution in [3.8, 4) is 0 Å². The molecular weight excluding hydrogens is 291 g/mol. The van der Waals surface area contributed by atoms with E-state index in [0.717, 1.165) is 0 Å². The van der Waals surface area contributed by atoms with Gasteiger partial charge >= 0.3 is 5.97 Å². The SMILES string of the molecule is CCOC(=O)CCN(C)C(=O)c1cc(Cl)ncc1Cl. The molecular formula is C12H14Cl2N2O3. The highest BCUT2D eigenvalue weighted by Gasteiger charge is 2.17. The van der Waals surface area contributed by atoms with E-state index in [-0.39, 0.29) is 40.6 Å².